The second-order valence-electron chi connectivity index (χ2n) is 4.37. The quantitative estimate of drug-likeness (QED) is 0.778. The topological polar surface area (TPSA) is 78.4 Å². The van der Waals surface area contributed by atoms with Crippen LogP contribution in [-0.2, 0) is 4.79 Å². The summed E-state index contributed by atoms with van der Waals surface area (Å²) >= 11 is 1.72. The monoisotopic (exact) mass is 280 g/mol. The molecule has 5 nitrogen and oxygen atoms in total. The van der Waals surface area contributed by atoms with E-state index in [0.717, 1.165) is 12.3 Å². The number of nitrogens with one attached hydrogen (secondary N) is 2. The molecule has 1 aromatic carbocycles. The number of benzene rings is 1. The lowest BCUT2D eigenvalue weighted by molar-refractivity contribution is -0.117. The fourth-order valence-electron chi connectivity index (χ4n) is 2.01. The number of carboxylic acids is 1. The zero-order valence-electron chi connectivity index (χ0n) is 10.6. The van der Waals surface area contributed by atoms with Crippen molar-refractivity contribution < 1.29 is 14.7 Å². The lowest BCUT2D eigenvalue weighted by Gasteiger charge is -2.22. The van der Waals surface area contributed by atoms with Gasteiger partial charge in [-0.15, -0.1) is 0 Å². The maximum absolute atomic E-state index is 12.1. The molecule has 2 rings (SSSR count). The van der Waals surface area contributed by atoms with Gasteiger partial charge in [0.1, 0.15) is 0 Å². The molecular formula is C13H16N2O3S. The Balaban J connectivity index is 2.16. The minimum absolute atomic E-state index is 0.152. The standard InChI is InChI=1S/C13H16N2O3S/c1-8-3-2-4-9(11(8)13(17)18)15-12(16)10-7-19-6-5-14-10/h2-4,10,14H,5-7H2,1H3,(H,15,16)(H,17,18). The number of hydrogen-bond acceptors (Lipinski definition) is 4. The van der Waals surface area contributed by atoms with Gasteiger partial charge in [-0.3, -0.25) is 4.79 Å². The summed E-state index contributed by atoms with van der Waals surface area (Å²) in [5.74, 6) is 0.494. The maximum atomic E-state index is 12.1. The van der Waals surface area contributed by atoms with Crippen LogP contribution in [-0.4, -0.2) is 41.1 Å². The van der Waals surface area contributed by atoms with Crippen LogP contribution in [0.2, 0.25) is 0 Å². The molecule has 0 aliphatic carbocycles. The van der Waals surface area contributed by atoms with Crippen molar-refractivity contribution in [2.75, 3.05) is 23.4 Å². The van der Waals surface area contributed by atoms with Crippen molar-refractivity contribution in [3.8, 4) is 0 Å². The molecule has 0 spiro atoms. The highest BCUT2D eigenvalue weighted by Crippen LogP contribution is 2.20. The average molecular weight is 280 g/mol. The normalized spacial score (nSPS) is 18.9. The van der Waals surface area contributed by atoms with Crippen molar-refractivity contribution >= 4 is 29.3 Å². The molecule has 1 fully saturated rings. The summed E-state index contributed by atoms with van der Waals surface area (Å²) in [4.78, 5) is 23.3. The minimum Gasteiger partial charge on any atom is -0.478 e. The summed E-state index contributed by atoms with van der Waals surface area (Å²) < 4.78 is 0. The van der Waals surface area contributed by atoms with Crippen LogP contribution in [0.4, 0.5) is 5.69 Å². The molecule has 19 heavy (non-hydrogen) atoms. The third-order valence-electron chi connectivity index (χ3n) is 2.98. The number of rotatable bonds is 3. The third kappa shape index (κ3) is 3.27. The Hall–Kier alpha value is -1.53. The molecule has 0 aromatic heterocycles. The summed E-state index contributed by atoms with van der Waals surface area (Å²) in [6.45, 7) is 2.51. The molecule has 1 heterocycles. The molecule has 1 aromatic rings. The minimum atomic E-state index is -1.03. The fourth-order valence-corrected chi connectivity index (χ4v) is 2.94. The molecule has 102 valence electrons. The van der Waals surface area contributed by atoms with E-state index in [0.29, 0.717) is 17.0 Å². The van der Waals surface area contributed by atoms with Crippen molar-refractivity contribution in [3.63, 3.8) is 0 Å². The Kier molecular flexibility index (Phi) is 4.44. The van der Waals surface area contributed by atoms with Crippen LogP contribution in [0.15, 0.2) is 18.2 Å². The largest absolute Gasteiger partial charge is 0.478 e. The molecule has 1 saturated heterocycles. The first kappa shape index (κ1) is 13.9. The Bertz CT molecular complexity index is 499. The zero-order valence-corrected chi connectivity index (χ0v) is 11.4. The van der Waals surface area contributed by atoms with Crippen molar-refractivity contribution in [1.82, 2.24) is 5.32 Å². The van der Waals surface area contributed by atoms with E-state index in [2.05, 4.69) is 10.6 Å². The van der Waals surface area contributed by atoms with Crippen LogP contribution in [0.1, 0.15) is 15.9 Å². The van der Waals surface area contributed by atoms with Crippen LogP contribution < -0.4 is 10.6 Å². The fraction of sp³-hybridized carbons (Fsp3) is 0.385. The predicted octanol–water partition coefficient (Wildman–Crippen LogP) is 1.34. The van der Waals surface area contributed by atoms with Gasteiger partial charge in [0, 0.05) is 18.1 Å². The van der Waals surface area contributed by atoms with E-state index in [4.69, 9.17) is 0 Å². The summed E-state index contributed by atoms with van der Waals surface area (Å²) in [5, 5.41) is 15.0. The molecule has 1 aliphatic rings. The Morgan fingerprint density at radius 2 is 2.26 bits per heavy atom. The van der Waals surface area contributed by atoms with Gasteiger partial charge in [-0.25, -0.2) is 4.79 Å². The number of carbonyl (C=O) groups excluding carboxylic acids is 1. The maximum Gasteiger partial charge on any atom is 0.338 e. The van der Waals surface area contributed by atoms with Crippen molar-refractivity contribution in [1.29, 1.82) is 0 Å². The third-order valence-corrected chi connectivity index (χ3v) is 4.04. The van der Waals surface area contributed by atoms with Crippen molar-refractivity contribution in [3.05, 3.63) is 29.3 Å². The summed E-state index contributed by atoms with van der Waals surface area (Å²) in [5.41, 5.74) is 1.14. The van der Waals surface area contributed by atoms with Crippen molar-refractivity contribution in [2.24, 2.45) is 0 Å². The Morgan fingerprint density at radius 1 is 1.47 bits per heavy atom. The van der Waals surface area contributed by atoms with E-state index in [1.165, 1.54) is 0 Å². The second kappa shape index (κ2) is 6.08. The van der Waals surface area contributed by atoms with Gasteiger partial charge in [0.05, 0.1) is 17.3 Å². The van der Waals surface area contributed by atoms with Crippen molar-refractivity contribution in [2.45, 2.75) is 13.0 Å². The first-order valence-electron chi connectivity index (χ1n) is 6.04. The molecular weight excluding hydrogens is 264 g/mol. The molecule has 0 radical (unpaired) electrons. The molecule has 0 saturated carbocycles. The average Bonchev–Trinajstić information content (AvgIpc) is 2.39. The van der Waals surface area contributed by atoms with E-state index in [9.17, 15) is 14.7 Å². The van der Waals surface area contributed by atoms with Crippen LogP contribution in [0.5, 0.6) is 0 Å². The predicted molar refractivity (Wildman–Crippen MR) is 75.9 cm³/mol. The summed E-state index contributed by atoms with van der Waals surface area (Å²) in [7, 11) is 0. The van der Waals surface area contributed by atoms with Gasteiger partial charge in [-0.05, 0) is 18.6 Å². The molecule has 0 bridgehead atoms. The summed E-state index contributed by atoms with van der Waals surface area (Å²) in [6.07, 6.45) is 0. The lowest BCUT2D eigenvalue weighted by atomic mass is 10.1. The Labute approximate surface area is 115 Å². The number of carboxylic acid groups (broad SMARTS) is 1. The first-order valence-corrected chi connectivity index (χ1v) is 7.20. The Morgan fingerprint density at radius 3 is 2.89 bits per heavy atom. The molecule has 1 unspecified atom stereocenters. The smallest absolute Gasteiger partial charge is 0.338 e. The highest BCUT2D eigenvalue weighted by atomic mass is 32.2. The molecule has 3 N–H and O–H groups in total. The van der Waals surface area contributed by atoms with Gasteiger partial charge in [-0.1, -0.05) is 12.1 Å². The SMILES string of the molecule is Cc1cccc(NC(=O)C2CSCCN2)c1C(=O)O. The van der Waals surface area contributed by atoms with Gasteiger partial charge in [0.25, 0.3) is 0 Å². The van der Waals surface area contributed by atoms with E-state index in [1.807, 2.05) is 0 Å². The number of hydrogen-bond donors (Lipinski definition) is 3. The van der Waals surface area contributed by atoms with Crippen LogP contribution in [0.25, 0.3) is 0 Å². The molecule has 6 heteroatoms. The number of aromatic carboxylic acids is 1. The van der Waals surface area contributed by atoms with Gasteiger partial charge < -0.3 is 15.7 Å². The van der Waals surface area contributed by atoms with Crippen LogP contribution >= 0.6 is 11.8 Å². The lowest BCUT2D eigenvalue weighted by Crippen LogP contribution is -2.46. The van der Waals surface area contributed by atoms with Gasteiger partial charge in [-0.2, -0.15) is 11.8 Å². The summed E-state index contributed by atoms with van der Waals surface area (Å²) in [6, 6.07) is 4.80. The van der Waals surface area contributed by atoms with Gasteiger partial charge >= 0.3 is 5.97 Å². The number of amides is 1. The number of carbonyl (C=O) groups is 2. The first-order chi connectivity index (χ1) is 9.09. The molecule has 1 amide bonds. The number of anilines is 1. The molecule has 1 aliphatic heterocycles. The van der Waals surface area contributed by atoms with E-state index in [-0.39, 0.29) is 17.5 Å². The van der Waals surface area contributed by atoms with Crippen LogP contribution in [0, 0.1) is 6.92 Å². The second-order valence-corrected chi connectivity index (χ2v) is 5.52. The highest BCUT2D eigenvalue weighted by molar-refractivity contribution is 7.99. The number of thioether (sulfide) groups is 1. The van der Waals surface area contributed by atoms with E-state index < -0.39 is 5.97 Å². The molecule has 1 atom stereocenters. The number of aryl methyl sites for hydroxylation is 1. The van der Waals surface area contributed by atoms with E-state index in [1.54, 1.807) is 36.9 Å². The zero-order chi connectivity index (χ0) is 13.8. The highest BCUT2D eigenvalue weighted by Gasteiger charge is 2.23. The van der Waals surface area contributed by atoms with Gasteiger partial charge in [0.2, 0.25) is 5.91 Å². The van der Waals surface area contributed by atoms with Crippen LogP contribution in [0.3, 0.4) is 0 Å². The van der Waals surface area contributed by atoms with Gasteiger partial charge in [0.15, 0.2) is 0 Å². The van der Waals surface area contributed by atoms with E-state index >= 15 is 0 Å².